The third kappa shape index (κ3) is 4.16. The van der Waals surface area contributed by atoms with Crippen LogP contribution in [0, 0.1) is 6.92 Å². The Hall–Kier alpha value is -2.14. The van der Waals surface area contributed by atoms with Crippen LogP contribution in [0.5, 0.6) is 0 Å². The van der Waals surface area contributed by atoms with Gasteiger partial charge in [0.15, 0.2) is 0 Å². The zero-order valence-corrected chi connectivity index (χ0v) is 13.0. The van der Waals surface area contributed by atoms with Gasteiger partial charge in [0, 0.05) is 4.47 Å². The average Bonchev–Trinajstić information content (AvgIpc) is 2.43. The minimum atomic E-state index is -1.03. The highest BCUT2D eigenvalue weighted by Crippen LogP contribution is 2.24. The number of hydrogen-bond acceptors (Lipinski definition) is 2. The molecule has 0 aromatic heterocycles. The summed E-state index contributed by atoms with van der Waals surface area (Å²) >= 11 is 3.30. The number of halogens is 1. The van der Waals surface area contributed by atoms with E-state index in [4.69, 9.17) is 5.11 Å². The summed E-state index contributed by atoms with van der Waals surface area (Å²) < 4.78 is 0.643. The molecule has 0 spiro atoms. The van der Waals surface area contributed by atoms with Crippen LogP contribution in [0.2, 0.25) is 0 Å². The van der Waals surface area contributed by atoms with Crippen LogP contribution in [-0.2, 0) is 11.2 Å². The molecule has 0 aliphatic heterocycles. The number of aryl methyl sites for hydroxylation is 1. The molecule has 0 aliphatic rings. The highest BCUT2D eigenvalue weighted by Gasteiger charge is 2.10. The lowest BCUT2D eigenvalue weighted by Crippen LogP contribution is -2.15. The Morgan fingerprint density at radius 2 is 1.81 bits per heavy atom. The molecule has 2 N–H and O–H groups in total. The second-order valence-corrected chi connectivity index (χ2v) is 5.56. The van der Waals surface area contributed by atoms with Crippen LogP contribution in [0.1, 0.15) is 21.5 Å². The first-order valence-corrected chi connectivity index (χ1v) is 7.13. The minimum absolute atomic E-state index is 0.129. The van der Waals surface area contributed by atoms with Gasteiger partial charge in [-0.2, -0.15) is 0 Å². The van der Waals surface area contributed by atoms with E-state index in [2.05, 4.69) is 21.2 Å². The molecule has 0 fully saturated rings. The molecule has 0 saturated carbocycles. The first-order valence-electron chi connectivity index (χ1n) is 6.34. The van der Waals surface area contributed by atoms with Gasteiger partial charge < -0.3 is 10.4 Å². The Labute approximate surface area is 130 Å². The van der Waals surface area contributed by atoms with Gasteiger partial charge in [-0.25, -0.2) is 4.79 Å². The van der Waals surface area contributed by atoms with E-state index in [0.29, 0.717) is 10.2 Å². The molecule has 0 saturated heterocycles. The number of anilines is 1. The fourth-order valence-corrected chi connectivity index (χ4v) is 2.19. The van der Waals surface area contributed by atoms with Gasteiger partial charge in [-0.1, -0.05) is 29.8 Å². The maximum absolute atomic E-state index is 12.0. The van der Waals surface area contributed by atoms with Crippen molar-refractivity contribution >= 4 is 33.5 Å². The van der Waals surface area contributed by atoms with Crippen molar-refractivity contribution in [2.45, 2.75) is 13.3 Å². The summed E-state index contributed by atoms with van der Waals surface area (Å²) in [4.78, 5) is 23.0. The molecule has 108 valence electrons. The van der Waals surface area contributed by atoms with E-state index in [1.165, 1.54) is 12.1 Å². The Balaban J connectivity index is 2.10. The third-order valence-electron chi connectivity index (χ3n) is 2.97. The van der Waals surface area contributed by atoms with Gasteiger partial charge in [0.25, 0.3) is 0 Å². The fraction of sp³-hybridized carbons (Fsp3) is 0.125. The molecule has 21 heavy (non-hydrogen) atoms. The zero-order chi connectivity index (χ0) is 15.4. The third-order valence-corrected chi connectivity index (χ3v) is 3.66. The smallest absolute Gasteiger partial charge is 0.335 e. The summed E-state index contributed by atoms with van der Waals surface area (Å²) in [5, 5.41) is 11.7. The highest BCUT2D eigenvalue weighted by atomic mass is 79.9. The molecule has 2 aromatic carbocycles. The molecule has 0 radical (unpaired) electrons. The number of rotatable bonds is 4. The van der Waals surface area contributed by atoms with Gasteiger partial charge in [0.1, 0.15) is 0 Å². The van der Waals surface area contributed by atoms with Crippen molar-refractivity contribution in [3.8, 4) is 0 Å². The predicted molar refractivity (Wildman–Crippen MR) is 84.6 cm³/mol. The molecule has 2 aromatic rings. The molecule has 5 heteroatoms. The van der Waals surface area contributed by atoms with Crippen LogP contribution in [0.4, 0.5) is 5.69 Å². The average molecular weight is 348 g/mol. The Kier molecular flexibility index (Phi) is 4.75. The van der Waals surface area contributed by atoms with Crippen LogP contribution in [0.25, 0.3) is 0 Å². The van der Waals surface area contributed by atoms with E-state index in [0.717, 1.165) is 11.1 Å². The van der Waals surface area contributed by atoms with Crippen molar-refractivity contribution in [1.29, 1.82) is 0 Å². The van der Waals surface area contributed by atoms with Crippen LogP contribution in [0.3, 0.4) is 0 Å². The molecular weight excluding hydrogens is 334 g/mol. The van der Waals surface area contributed by atoms with Gasteiger partial charge in [-0.05, 0) is 46.6 Å². The van der Waals surface area contributed by atoms with Gasteiger partial charge in [0.2, 0.25) is 5.91 Å². The van der Waals surface area contributed by atoms with Crippen molar-refractivity contribution in [3.05, 3.63) is 63.6 Å². The second-order valence-electron chi connectivity index (χ2n) is 4.71. The monoisotopic (exact) mass is 347 g/mol. The lowest BCUT2D eigenvalue weighted by atomic mass is 10.1. The van der Waals surface area contributed by atoms with E-state index >= 15 is 0 Å². The summed E-state index contributed by atoms with van der Waals surface area (Å²) in [7, 11) is 0. The normalized spacial score (nSPS) is 10.2. The SMILES string of the molecule is Cc1ccc(CC(=O)Nc2cc(C(=O)O)ccc2Br)cc1. The highest BCUT2D eigenvalue weighted by molar-refractivity contribution is 9.10. The van der Waals surface area contributed by atoms with Crippen molar-refractivity contribution in [1.82, 2.24) is 0 Å². The van der Waals surface area contributed by atoms with Crippen LogP contribution < -0.4 is 5.32 Å². The molecule has 0 heterocycles. The van der Waals surface area contributed by atoms with Crippen LogP contribution in [0.15, 0.2) is 46.9 Å². The van der Waals surface area contributed by atoms with Crippen LogP contribution in [-0.4, -0.2) is 17.0 Å². The molecule has 0 aliphatic carbocycles. The standard InChI is InChI=1S/C16H14BrNO3/c1-10-2-4-11(5-3-10)8-15(19)18-14-9-12(16(20)21)6-7-13(14)17/h2-7,9H,8H2,1H3,(H,18,19)(H,20,21). The van der Waals surface area contributed by atoms with E-state index in [1.807, 2.05) is 31.2 Å². The van der Waals surface area contributed by atoms with Gasteiger partial charge in [-0.15, -0.1) is 0 Å². The van der Waals surface area contributed by atoms with Crippen molar-refractivity contribution in [3.63, 3.8) is 0 Å². The number of carbonyl (C=O) groups excluding carboxylic acids is 1. The predicted octanol–water partition coefficient (Wildman–Crippen LogP) is 3.64. The van der Waals surface area contributed by atoms with Crippen molar-refractivity contribution in [2.24, 2.45) is 0 Å². The Bertz CT molecular complexity index is 680. The largest absolute Gasteiger partial charge is 0.478 e. The number of carboxylic acid groups (broad SMARTS) is 1. The van der Waals surface area contributed by atoms with Crippen LogP contribution >= 0.6 is 15.9 Å². The quantitative estimate of drug-likeness (QED) is 0.887. The summed E-state index contributed by atoms with van der Waals surface area (Å²) in [6.07, 6.45) is 0.240. The summed E-state index contributed by atoms with van der Waals surface area (Å²) in [5.41, 5.74) is 2.62. The lowest BCUT2D eigenvalue weighted by molar-refractivity contribution is -0.115. The number of benzene rings is 2. The Morgan fingerprint density at radius 1 is 1.14 bits per heavy atom. The summed E-state index contributed by atoms with van der Waals surface area (Å²) in [6, 6.07) is 12.2. The van der Waals surface area contributed by atoms with Gasteiger partial charge >= 0.3 is 5.97 Å². The maximum Gasteiger partial charge on any atom is 0.335 e. The maximum atomic E-state index is 12.0. The molecule has 0 atom stereocenters. The zero-order valence-electron chi connectivity index (χ0n) is 11.4. The Morgan fingerprint density at radius 3 is 2.43 bits per heavy atom. The van der Waals surface area contributed by atoms with E-state index < -0.39 is 5.97 Å². The van der Waals surface area contributed by atoms with Gasteiger partial charge in [0.05, 0.1) is 17.7 Å². The summed E-state index contributed by atoms with van der Waals surface area (Å²) in [6.45, 7) is 1.98. The van der Waals surface area contributed by atoms with Crippen molar-refractivity contribution < 1.29 is 14.7 Å². The molecule has 0 bridgehead atoms. The van der Waals surface area contributed by atoms with Crippen molar-refractivity contribution in [2.75, 3.05) is 5.32 Å². The van der Waals surface area contributed by atoms with Gasteiger partial charge in [-0.3, -0.25) is 4.79 Å². The first-order chi connectivity index (χ1) is 9.95. The lowest BCUT2D eigenvalue weighted by Gasteiger charge is -2.08. The minimum Gasteiger partial charge on any atom is -0.478 e. The second kappa shape index (κ2) is 6.54. The molecule has 4 nitrogen and oxygen atoms in total. The number of hydrogen-bond donors (Lipinski definition) is 2. The first kappa shape index (κ1) is 15.3. The number of carbonyl (C=O) groups is 2. The van der Waals surface area contributed by atoms with E-state index in [1.54, 1.807) is 6.07 Å². The molecular formula is C16H14BrNO3. The van der Waals surface area contributed by atoms with E-state index in [-0.39, 0.29) is 17.9 Å². The number of amides is 1. The van der Waals surface area contributed by atoms with E-state index in [9.17, 15) is 9.59 Å². The number of carboxylic acids is 1. The topological polar surface area (TPSA) is 66.4 Å². The molecule has 0 unspecified atom stereocenters. The number of nitrogens with one attached hydrogen (secondary N) is 1. The fourth-order valence-electron chi connectivity index (χ4n) is 1.84. The molecule has 1 amide bonds. The summed E-state index contributed by atoms with van der Waals surface area (Å²) in [5.74, 6) is -1.22. The number of aromatic carboxylic acids is 1. The molecule has 2 rings (SSSR count).